The van der Waals surface area contributed by atoms with Gasteiger partial charge in [-0.15, -0.1) is 0 Å². The van der Waals surface area contributed by atoms with Crippen molar-refractivity contribution in [2.24, 2.45) is 0 Å². The third-order valence-corrected chi connectivity index (χ3v) is 1.77. The maximum absolute atomic E-state index is 10.6. The van der Waals surface area contributed by atoms with E-state index in [2.05, 4.69) is 22.1 Å². The van der Waals surface area contributed by atoms with E-state index in [9.17, 15) is 4.79 Å². The molecule has 0 aliphatic heterocycles. The number of hydrogen-bond donors (Lipinski definition) is 1. The standard InChI is InChI=1S/C12H14N2O2/c1-10(15)13-9-4-3-6-11-7-5-8-12(14-11)16-2/h5,7-8H,4,9H2,1-2H3,(H,13,15). The van der Waals surface area contributed by atoms with E-state index in [0.29, 0.717) is 24.5 Å². The average molecular weight is 218 g/mol. The Bertz CT molecular complexity index is 419. The second-order valence-electron chi connectivity index (χ2n) is 3.10. The maximum Gasteiger partial charge on any atom is 0.216 e. The van der Waals surface area contributed by atoms with Crippen molar-refractivity contribution in [2.45, 2.75) is 13.3 Å². The predicted octanol–water partition coefficient (Wildman–Crippen LogP) is 0.968. The van der Waals surface area contributed by atoms with E-state index in [1.807, 2.05) is 12.1 Å². The number of carbonyl (C=O) groups is 1. The summed E-state index contributed by atoms with van der Waals surface area (Å²) in [5.74, 6) is 6.34. The number of hydrogen-bond acceptors (Lipinski definition) is 3. The summed E-state index contributed by atoms with van der Waals surface area (Å²) in [5, 5.41) is 2.67. The van der Waals surface area contributed by atoms with Crippen LogP contribution in [0.3, 0.4) is 0 Å². The summed E-state index contributed by atoms with van der Waals surface area (Å²) in [6.07, 6.45) is 0.610. The topological polar surface area (TPSA) is 51.2 Å². The van der Waals surface area contributed by atoms with Gasteiger partial charge in [0.15, 0.2) is 0 Å². The first kappa shape index (κ1) is 12.1. The third kappa shape index (κ3) is 4.47. The number of amides is 1. The molecule has 16 heavy (non-hydrogen) atoms. The average Bonchev–Trinajstić information content (AvgIpc) is 2.28. The van der Waals surface area contributed by atoms with E-state index in [1.54, 1.807) is 13.2 Å². The molecule has 0 bridgehead atoms. The molecule has 1 heterocycles. The highest BCUT2D eigenvalue weighted by molar-refractivity contribution is 5.72. The fraction of sp³-hybridized carbons (Fsp3) is 0.333. The van der Waals surface area contributed by atoms with E-state index in [0.717, 1.165) is 0 Å². The summed E-state index contributed by atoms with van der Waals surface area (Å²) in [6.45, 7) is 2.04. The van der Waals surface area contributed by atoms with Crippen LogP contribution in [-0.2, 0) is 4.79 Å². The van der Waals surface area contributed by atoms with Crippen LogP contribution in [0.4, 0.5) is 0 Å². The van der Waals surface area contributed by atoms with E-state index in [4.69, 9.17) is 4.74 Å². The third-order valence-electron chi connectivity index (χ3n) is 1.77. The molecular weight excluding hydrogens is 204 g/mol. The molecule has 1 N–H and O–H groups in total. The highest BCUT2D eigenvalue weighted by Gasteiger charge is 1.92. The van der Waals surface area contributed by atoms with Gasteiger partial charge in [0.1, 0.15) is 5.69 Å². The Hall–Kier alpha value is -2.02. The molecule has 1 rings (SSSR count). The molecule has 0 saturated carbocycles. The van der Waals surface area contributed by atoms with Crippen molar-refractivity contribution >= 4 is 5.91 Å². The molecule has 1 aromatic rings. The molecule has 0 spiro atoms. The van der Waals surface area contributed by atoms with Gasteiger partial charge in [-0.1, -0.05) is 12.0 Å². The minimum atomic E-state index is -0.0405. The first-order valence-electron chi connectivity index (χ1n) is 4.96. The molecule has 84 valence electrons. The van der Waals surface area contributed by atoms with E-state index in [1.165, 1.54) is 6.92 Å². The molecular formula is C12H14N2O2. The number of nitrogens with one attached hydrogen (secondary N) is 1. The minimum absolute atomic E-state index is 0.0405. The molecule has 0 unspecified atom stereocenters. The Labute approximate surface area is 95.0 Å². The van der Waals surface area contributed by atoms with Crippen LogP contribution in [0.15, 0.2) is 18.2 Å². The van der Waals surface area contributed by atoms with Crippen LogP contribution in [0, 0.1) is 11.8 Å². The monoisotopic (exact) mass is 218 g/mol. The molecule has 0 fully saturated rings. The zero-order chi connectivity index (χ0) is 11.8. The summed E-state index contributed by atoms with van der Waals surface area (Å²) in [5.41, 5.74) is 0.669. The Kier molecular flexibility index (Phi) is 4.87. The van der Waals surface area contributed by atoms with Gasteiger partial charge in [0.25, 0.3) is 0 Å². The quantitative estimate of drug-likeness (QED) is 0.607. The van der Waals surface area contributed by atoms with Gasteiger partial charge in [0, 0.05) is 26.0 Å². The number of rotatable bonds is 3. The molecule has 4 nitrogen and oxygen atoms in total. The Morgan fingerprint density at radius 2 is 2.38 bits per heavy atom. The lowest BCUT2D eigenvalue weighted by Crippen LogP contribution is -2.20. The molecule has 0 atom stereocenters. The van der Waals surface area contributed by atoms with Crippen LogP contribution in [0.5, 0.6) is 5.88 Å². The van der Waals surface area contributed by atoms with Crippen molar-refractivity contribution in [2.75, 3.05) is 13.7 Å². The van der Waals surface area contributed by atoms with Crippen LogP contribution in [0.25, 0.3) is 0 Å². The lowest BCUT2D eigenvalue weighted by atomic mass is 10.3. The molecule has 1 amide bonds. The number of nitrogens with zero attached hydrogens (tertiary/aromatic N) is 1. The Morgan fingerprint density at radius 3 is 3.06 bits per heavy atom. The highest BCUT2D eigenvalue weighted by Crippen LogP contribution is 2.04. The van der Waals surface area contributed by atoms with Gasteiger partial charge in [-0.25, -0.2) is 4.98 Å². The molecule has 0 aromatic carbocycles. The van der Waals surface area contributed by atoms with Crippen LogP contribution in [0.1, 0.15) is 19.0 Å². The highest BCUT2D eigenvalue weighted by atomic mass is 16.5. The molecule has 0 aliphatic carbocycles. The zero-order valence-corrected chi connectivity index (χ0v) is 9.41. The van der Waals surface area contributed by atoms with Crippen molar-refractivity contribution in [3.05, 3.63) is 23.9 Å². The van der Waals surface area contributed by atoms with Gasteiger partial charge in [0.05, 0.1) is 7.11 Å². The first-order valence-corrected chi connectivity index (χ1v) is 4.96. The summed E-state index contributed by atoms with van der Waals surface area (Å²) >= 11 is 0. The van der Waals surface area contributed by atoms with Crippen LogP contribution < -0.4 is 10.1 Å². The fourth-order valence-electron chi connectivity index (χ4n) is 1.05. The SMILES string of the molecule is COc1cccc(C#CCCNC(C)=O)n1. The molecule has 0 aliphatic rings. The predicted molar refractivity (Wildman–Crippen MR) is 61.0 cm³/mol. The molecule has 0 radical (unpaired) electrons. The van der Waals surface area contributed by atoms with Gasteiger partial charge in [-0.05, 0) is 12.0 Å². The number of aromatic nitrogens is 1. The lowest BCUT2D eigenvalue weighted by Gasteiger charge is -1.97. The zero-order valence-electron chi connectivity index (χ0n) is 9.41. The summed E-state index contributed by atoms with van der Waals surface area (Å²) < 4.78 is 4.98. The second-order valence-corrected chi connectivity index (χ2v) is 3.10. The van der Waals surface area contributed by atoms with Gasteiger partial charge in [-0.2, -0.15) is 0 Å². The Balaban J connectivity index is 2.46. The lowest BCUT2D eigenvalue weighted by molar-refractivity contribution is -0.118. The largest absolute Gasteiger partial charge is 0.481 e. The smallest absolute Gasteiger partial charge is 0.216 e. The van der Waals surface area contributed by atoms with Crippen molar-refractivity contribution in [1.29, 1.82) is 0 Å². The van der Waals surface area contributed by atoms with E-state index in [-0.39, 0.29) is 5.91 Å². The van der Waals surface area contributed by atoms with Crippen molar-refractivity contribution in [3.8, 4) is 17.7 Å². The Morgan fingerprint density at radius 1 is 1.56 bits per heavy atom. The first-order chi connectivity index (χ1) is 7.72. The number of methoxy groups -OCH3 is 1. The molecule has 0 saturated heterocycles. The van der Waals surface area contributed by atoms with Gasteiger partial charge in [0.2, 0.25) is 11.8 Å². The summed E-state index contributed by atoms with van der Waals surface area (Å²) in [4.78, 5) is 14.7. The fourth-order valence-corrected chi connectivity index (χ4v) is 1.05. The number of ether oxygens (including phenoxy) is 1. The normalized spacial score (nSPS) is 8.88. The van der Waals surface area contributed by atoms with Gasteiger partial charge in [-0.3, -0.25) is 4.79 Å². The van der Waals surface area contributed by atoms with Crippen LogP contribution in [-0.4, -0.2) is 24.5 Å². The van der Waals surface area contributed by atoms with Crippen molar-refractivity contribution in [1.82, 2.24) is 10.3 Å². The van der Waals surface area contributed by atoms with E-state index < -0.39 is 0 Å². The maximum atomic E-state index is 10.6. The van der Waals surface area contributed by atoms with Crippen LogP contribution >= 0.6 is 0 Å². The van der Waals surface area contributed by atoms with Gasteiger partial charge >= 0.3 is 0 Å². The van der Waals surface area contributed by atoms with Crippen molar-refractivity contribution in [3.63, 3.8) is 0 Å². The molecule has 1 aromatic heterocycles. The summed E-state index contributed by atoms with van der Waals surface area (Å²) in [6, 6.07) is 5.42. The number of carbonyl (C=O) groups excluding carboxylic acids is 1. The second kappa shape index (κ2) is 6.46. The minimum Gasteiger partial charge on any atom is -0.481 e. The van der Waals surface area contributed by atoms with Crippen LogP contribution in [0.2, 0.25) is 0 Å². The molecule has 4 heteroatoms. The summed E-state index contributed by atoms with van der Waals surface area (Å²) in [7, 11) is 1.57. The van der Waals surface area contributed by atoms with Crippen molar-refractivity contribution < 1.29 is 9.53 Å². The van der Waals surface area contributed by atoms with Gasteiger partial charge < -0.3 is 10.1 Å². The number of pyridine rings is 1. The van der Waals surface area contributed by atoms with E-state index >= 15 is 0 Å².